The minimum atomic E-state index is -3.14. The van der Waals surface area contributed by atoms with Gasteiger partial charge in [0.05, 0.1) is 24.3 Å². The summed E-state index contributed by atoms with van der Waals surface area (Å²) in [6.07, 6.45) is 1.98. The van der Waals surface area contributed by atoms with Gasteiger partial charge in [0.15, 0.2) is 11.5 Å². The van der Waals surface area contributed by atoms with Crippen LogP contribution in [0.15, 0.2) is 16.6 Å². The van der Waals surface area contributed by atoms with Crippen molar-refractivity contribution in [2.45, 2.75) is 11.8 Å². The van der Waals surface area contributed by atoms with Crippen LogP contribution in [0, 0.1) is 0 Å². The lowest BCUT2D eigenvalue weighted by molar-refractivity contribution is 0.297. The number of hydrogen-bond acceptors (Lipinski definition) is 4. The molecule has 0 saturated heterocycles. The van der Waals surface area contributed by atoms with Crippen LogP contribution in [-0.4, -0.2) is 33.6 Å². The molecule has 2 rings (SSSR count). The minimum absolute atomic E-state index is 0.118. The highest BCUT2D eigenvalue weighted by atomic mass is 79.9. The van der Waals surface area contributed by atoms with Crippen molar-refractivity contribution < 1.29 is 17.9 Å². The quantitative estimate of drug-likeness (QED) is 0.769. The fourth-order valence-corrected chi connectivity index (χ4v) is 4.10. The monoisotopic (exact) mass is 368 g/mol. The zero-order chi connectivity index (χ0) is 14.0. The van der Waals surface area contributed by atoms with Crippen LogP contribution in [0.2, 0.25) is 0 Å². The van der Waals surface area contributed by atoms with E-state index in [1.54, 1.807) is 12.1 Å². The van der Waals surface area contributed by atoms with Crippen molar-refractivity contribution in [2.75, 3.05) is 25.2 Å². The fraction of sp³-hybridized carbons (Fsp3) is 0.500. The van der Waals surface area contributed by atoms with Gasteiger partial charge in [-0.15, -0.1) is 11.6 Å². The average molecular weight is 370 g/mol. The Labute approximate surface area is 126 Å². The SMILES string of the molecule is CS(=O)(=O)CC(Cl)c1cc2c(cc1Br)OCCCO2. The van der Waals surface area contributed by atoms with E-state index in [9.17, 15) is 8.42 Å². The lowest BCUT2D eigenvalue weighted by Gasteiger charge is -2.15. The summed E-state index contributed by atoms with van der Waals surface area (Å²) in [4.78, 5) is 0. The van der Waals surface area contributed by atoms with E-state index >= 15 is 0 Å². The molecule has 0 amide bonds. The smallest absolute Gasteiger partial charge is 0.162 e. The second kappa shape index (κ2) is 5.89. The van der Waals surface area contributed by atoms with Gasteiger partial charge in [-0.3, -0.25) is 0 Å². The normalized spacial score (nSPS) is 16.8. The molecule has 0 radical (unpaired) electrons. The van der Waals surface area contributed by atoms with Gasteiger partial charge in [0.1, 0.15) is 9.84 Å². The highest BCUT2D eigenvalue weighted by Crippen LogP contribution is 2.39. The van der Waals surface area contributed by atoms with E-state index in [4.69, 9.17) is 21.1 Å². The summed E-state index contributed by atoms with van der Waals surface area (Å²) in [5, 5.41) is -0.624. The van der Waals surface area contributed by atoms with Crippen LogP contribution in [0.3, 0.4) is 0 Å². The molecule has 0 aliphatic carbocycles. The molecule has 1 aromatic rings. The summed E-state index contributed by atoms with van der Waals surface area (Å²) in [6, 6.07) is 3.52. The lowest BCUT2D eigenvalue weighted by Crippen LogP contribution is -2.09. The van der Waals surface area contributed by atoms with Crippen LogP contribution in [-0.2, 0) is 9.84 Å². The van der Waals surface area contributed by atoms with E-state index in [1.165, 1.54) is 6.26 Å². The molecule has 1 unspecified atom stereocenters. The number of fused-ring (bicyclic) bond motifs is 1. The number of halogens is 2. The Morgan fingerprint density at radius 1 is 1.32 bits per heavy atom. The Bertz CT molecular complexity index is 573. The summed E-state index contributed by atoms with van der Waals surface area (Å²) in [6.45, 7) is 1.18. The Hall–Kier alpha value is -0.460. The first-order valence-electron chi connectivity index (χ1n) is 5.77. The summed E-state index contributed by atoms with van der Waals surface area (Å²) in [7, 11) is -3.14. The van der Waals surface area contributed by atoms with Crippen LogP contribution < -0.4 is 9.47 Å². The molecule has 1 aliphatic heterocycles. The average Bonchev–Trinajstić information content (AvgIpc) is 2.50. The van der Waals surface area contributed by atoms with E-state index in [1.807, 2.05) is 0 Å². The van der Waals surface area contributed by atoms with Crippen molar-refractivity contribution in [3.8, 4) is 11.5 Å². The van der Waals surface area contributed by atoms with Crippen molar-refractivity contribution >= 4 is 37.4 Å². The maximum Gasteiger partial charge on any atom is 0.162 e. The van der Waals surface area contributed by atoms with Gasteiger partial charge in [0.2, 0.25) is 0 Å². The molecule has 0 aromatic heterocycles. The first-order chi connectivity index (χ1) is 8.87. The molecule has 1 atom stereocenters. The second-order valence-corrected chi connectivity index (χ2v) is 8.00. The van der Waals surface area contributed by atoms with Gasteiger partial charge in [-0.1, -0.05) is 15.9 Å². The molecule has 0 bridgehead atoms. The zero-order valence-corrected chi connectivity index (χ0v) is 13.5. The molecule has 7 heteroatoms. The van der Waals surface area contributed by atoms with E-state index < -0.39 is 15.2 Å². The molecule has 4 nitrogen and oxygen atoms in total. The van der Waals surface area contributed by atoms with Gasteiger partial charge >= 0.3 is 0 Å². The van der Waals surface area contributed by atoms with Crippen molar-refractivity contribution in [3.05, 3.63) is 22.2 Å². The highest BCUT2D eigenvalue weighted by Gasteiger charge is 2.21. The van der Waals surface area contributed by atoms with Crippen LogP contribution in [0.25, 0.3) is 0 Å². The Morgan fingerprint density at radius 2 is 1.89 bits per heavy atom. The molecule has 106 valence electrons. The molecular weight excluding hydrogens is 356 g/mol. The Balaban J connectivity index is 2.33. The first kappa shape index (κ1) is 14.9. The molecule has 19 heavy (non-hydrogen) atoms. The van der Waals surface area contributed by atoms with Crippen molar-refractivity contribution in [1.29, 1.82) is 0 Å². The van der Waals surface area contributed by atoms with E-state index in [0.717, 1.165) is 10.9 Å². The molecule has 0 spiro atoms. The molecule has 1 aliphatic rings. The van der Waals surface area contributed by atoms with E-state index in [0.29, 0.717) is 30.3 Å². The maximum atomic E-state index is 11.3. The number of hydrogen-bond donors (Lipinski definition) is 0. The molecule has 1 aromatic carbocycles. The third kappa shape index (κ3) is 4.00. The van der Waals surface area contributed by atoms with Crippen LogP contribution in [0.5, 0.6) is 11.5 Å². The van der Waals surface area contributed by atoms with Crippen LogP contribution in [0.1, 0.15) is 17.4 Å². The second-order valence-electron chi connectivity index (χ2n) is 4.43. The number of sulfone groups is 1. The first-order valence-corrected chi connectivity index (χ1v) is 9.06. The van der Waals surface area contributed by atoms with Gasteiger partial charge in [-0.25, -0.2) is 8.42 Å². The fourth-order valence-electron chi connectivity index (χ4n) is 1.80. The van der Waals surface area contributed by atoms with Gasteiger partial charge in [-0.2, -0.15) is 0 Å². The Kier molecular flexibility index (Phi) is 4.63. The zero-order valence-electron chi connectivity index (χ0n) is 10.4. The third-order valence-electron chi connectivity index (χ3n) is 2.65. The molecular formula is C12H14BrClO4S. The summed E-state index contributed by atoms with van der Waals surface area (Å²) in [5.41, 5.74) is 0.691. The maximum absolute atomic E-state index is 11.3. The number of ether oxygens (including phenoxy) is 2. The number of alkyl halides is 1. The molecule has 0 fully saturated rings. The number of benzene rings is 1. The predicted molar refractivity (Wildman–Crippen MR) is 78.1 cm³/mol. The van der Waals surface area contributed by atoms with E-state index in [2.05, 4.69) is 15.9 Å². The summed E-state index contributed by atoms with van der Waals surface area (Å²) >= 11 is 9.57. The molecule has 1 heterocycles. The minimum Gasteiger partial charge on any atom is -0.490 e. The van der Waals surface area contributed by atoms with Crippen LogP contribution in [0.4, 0.5) is 0 Å². The summed E-state index contributed by atoms with van der Waals surface area (Å²) < 4.78 is 34.5. The van der Waals surface area contributed by atoms with Gasteiger partial charge in [-0.05, 0) is 17.7 Å². The topological polar surface area (TPSA) is 52.6 Å². The van der Waals surface area contributed by atoms with Crippen LogP contribution >= 0.6 is 27.5 Å². The van der Waals surface area contributed by atoms with Crippen molar-refractivity contribution in [1.82, 2.24) is 0 Å². The molecule has 0 N–H and O–H groups in total. The molecule has 0 saturated carbocycles. The van der Waals surface area contributed by atoms with E-state index in [-0.39, 0.29) is 5.75 Å². The highest BCUT2D eigenvalue weighted by molar-refractivity contribution is 9.10. The van der Waals surface area contributed by atoms with Gasteiger partial charge < -0.3 is 9.47 Å². The van der Waals surface area contributed by atoms with Gasteiger partial charge in [0, 0.05) is 17.1 Å². The summed E-state index contributed by atoms with van der Waals surface area (Å²) in [5.74, 6) is 1.14. The third-order valence-corrected chi connectivity index (χ3v) is 4.85. The predicted octanol–water partition coefficient (Wildman–Crippen LogP) is 2.93. The Morgan fingerprint density at radius 3 is 2.47 bits per heavy atom. The van der Waals surface area contributed by atoms with Gasteiger partial charge in [0.25, 0.3) is 0 Å². The van der Waals surface area contributed by atoms with Crippen molar-refractivity contribution in [2.24, 2.45) is 0 Å². The number of rotatable bonds is 3. The standard InChI is InChI=1S/C12H14BrClO4S/c1-19(15,16)7-10(14)8-5-11-12(6-9(8)13)18-4-2-3-17-11/h5-6,10H,2-4,7H2,1H3. The largest absolute Gasteiger partial charge is 0.490 e. The lowest BCUT2D eigenvalue weighted by atomic mass is 10.1. The van der Waals surface area contributed by atoms with Crippen molar-refractivity contribution in [3.63, 3.8) is 0 Å².